The molecule has 0 aliphatic rings. The molecule has 0 fully saturated rings. The molecule has 3 rings (SSSR count). The summed E-state index contributed by atoms with van der Waals surface area (Å²) in [6, 6.07) is 18.2. The van der Waals surface area contributed by atoms with Crippen LogP contribution in [0.25, 0.3) is 5.69 Å². The van der Waals surface area contributed by atoms with E-state index in [9.17, 15) is 4.79 Å². The van der Waals surface area contributed by atoms with Gasteiger partial charge in [0.05, 0.1) is 29.6 Å². The number of aromatic nitrogens is 3. The van der Waals surface area contributed by atoms with Crippen molar-refractivity contribution in [2.45, 2.75) is 19.5 Å². The molecule has 26 heavy (non-hydrogen) atoms. The van der Waals surface area contributed by atoms with Crippen LogP contribution < -0.4 is 10.6 Å². The zero-order valence-electron chi connectivity index (χ0n) is 14.3. The lowest BCUT2D eigenvalue weighted by Crippen LogP contribution is -2.36. The average molecular weight is 346 g/mol. The van der Waals surface area contributed by atoms with E-state index in [1.807, 2.05) is 43.3 Å². The Kier molecular flexibility index (Phi) is 5.25. The number of rotatable bonds is 5. The first-order valence-electron chi connectivity index (χ1n) is 8.17. The molecule has 3 aromatic rings. The van der Waals surface area contributed by atoms with Crippen LogP contribution in [0.1, 0.15) is 29.8 Å². The van der Waals surface area contributed by atoms with E-state index >= 15 is 0 Å². The predicted octanol–water partition coefficient (Wildman–Crippen LogP) is 2.70. The SMILES string of the molecule is C[C@@H](NC(=O)NCc1cccc(C#N)c1)c1cn(-c2ccccc2)nn1. The molecule has 1 heterocycles. The van der Waals surface area contributed by atoms with Gasteiger partial charge in [-0.3, -0.25) is 0 Å². The van der Waals surface area contributed by atoms with Crippen molar-refractivity contribution in [2.75, 3.05) is 0 Å². The standard InChI is InChI=1S/C19H18N6O/c1-14(18-13-25(24-23-18)17-8-3-2-4-9-17)22-19(26)21-12-16-7-5-6-15(10-16)11-20/h2-10,13-14H,12H2,1H3,(H2,21,22,26)/t14-/m1/s1. The molecule has 0 saturated heterocycles. The first-order chi connectivity index (χ1) is 12.7. The number of benzene rings is 2. The fourth-order valence-electron chi connectivity index (χ4n) is 2.44. The summed E-state index contributed by atoms with van der Waals surface area (Å²) in [4.78, 5) is 12.1. The molecule has 130 valence electrons. The molecule has 2 N–H and O–H groups in total. The van der Waals surface area contributed by atoms with Gasteiger partial charge in [0.15, 0.2) is 0 Å². The second-order valence-corrected chi connectivity index (χ2v) is 5.78. The Balaban J connectivity index is 1.56. The first kappa shape index (κ1) is 17.2. The highest BCUT2D eigenvalue weighted by Gasteiger charge is 2.13. The molecule has 2 amide bonds. The van der Waals surface area contributed by atoms with Crippen molar-refractivity contribution < 1.29 is 4.79 Å². The van der Waals surface area contributed by atoms with Crippen molar-refractivity contribution in [3.05, 3.63) is 77.6 Å². The predicted molar refractivity (Wildman–Crippen MR) is 96.3 cm³/mol. The maximum atomic E-state index is 12.1. The van der Waals surface area contributed by atoms with Gasteiger partial charge < -0.3 is 10.6 Å². The van der Waals surface area contributed by atoms with Gasteiger partial charge in [-0.2, -0.15) is 5.26 Å². The fourth-order valence-corrected chi connectivity index (χ4v) is 2.44. The molecular weight excluding hydrogens is 328 g/mol. The van der Waals surface area contributed by atoms with Crippen LogP contribution in [-0.4, -0.2) is 21.0 Å². The number of nitrogens with one attached hydrogen (secondary N) is 2. The number of nitriles is 1. The number of carbonyl (C=O) groups is 1. The number of carbonyl (C=O) groups excluding carboxylic acids is 1. The highest BCUT2D eigenvalue weighted by atomic mass is 16.2. The second-order valence-electron chi connectivity index (χ2n) is 5.78. The molecule has 0 aliphatic heterocycles. The lowest BCUT2D eigenvalue weighted by Gasteiger charge is -2.12. The van der Waals surface area contributed by atoms with Gasteiger partial charge in [0.1, 0.15) is 5.69 Å². The largest absolute Gasteiger partial charge is 0.334 e. The summed E-state index contributed by atoms with van der Waals surface area (Å²) in [5.74, 6) is 0. The van der Waals surface area contributed by atoms with Gasteiger partial charge in [-0.1, -0.05) is 35.5 Å². The zero-order chi connectivity index (χ0) is 18.4. The Morgan fingerprint density at radius 2 is 2.04 bits per heavy atom. The van der Waals surface area contributed by atoms with Gasteiger partial charge in [-0.15, -0.1) is 5.10 Å². The summed E-state index contributed by atoms with van der Waals surface area (Å²) < 4.78 is 1.67. The van der Waals surface area contributed by atoms with Gasteiger partial charge in [-0.25, -0.2) is 9.48 Å². The van der Waals surface area contributed by atoms with Crippen molar-refractivity contribution in [1.29, 1.82) is 5.26 Å². The third-order valence-corrected chi connectivity index (χ3v) is 3.83. The van der Waals surface area contributed by atoms with Crippen LogP contribution in [0.5, 0.6) is 0 Å². The van der Waals surface area contributed by atoms with Gasteiger partial charge in [0.25, 0.3) is 0 Å². The lowest BCUT2D eigenvalue weighted by molar-refractivity contribution is 0.237. The van der Waals surface area contributed by atoms with Crippen LogP contribution >= 0.6 is 0 Å². The fraction of sp³-hybridized carbons (Fsp3) is 0.158. The number of nitrogens with zero attached hydrogens (tertiary/aromatic N) is 4. The Morgan fingerprint density at radius 3 is 2.81 bits per heavy atom. The molecule has 1 atom stereocenters. The molecule has 0 unspecified atom stereocenters. The highest BCUT2D eigenvalue weighted by molar-refractivity contribution is 5.74. The van der Waals surface area contributed by atoms with Gasteiger partial charge in [-0.05, 0) is 36.8 Å². The van der Waals surface area contributed by atoms with Gasteiger partial charge in [0, 0.05) is 6.54 Å². The minimum Gasteiger partial charge on any atom is -0.334 e. The maximum absolute atomic E-state index is 12.1. The molecule has 7 heteroatoms. The van der Waals surface area contributed by atoms with E-state index in [2.05, 4.69) is 27.0 Å². The van der Waals surface area contributed by atoms with Crippen molar-refractivity contribution in [3.8, 4) is 11.8 Å². The topological polar surface area (TPSA) is 95.6 Å². The highest BCUT2D eigenvalue weighted by Crippen LogP contribution is 2.11. The second kappa shape index (κ2) is 7.94. The van der Waals surface area contributed by atoms with Crippen LogP contribution in [0, 0.1) is 11.3 Å². The normalized spacial score (nSPS) is 11.4. The summed E-state index contributed by atoms with van der Waals surface area (Å²) in [6.07, 6.45) is 1.79. The molecular formula is C19H18N6O. The van der Waals surface area contributed by atoms with E-state index in [1.54, 1.807) is 29.1 Å². The summed E-state index contributed by atoms with van der Waals surface area (Å²) in [6.45, 7) is 2.18. The van der Waals surface area contributed by atoms with Crippen LogP contribution in [0.3, 0.4) is 0 Å². The summed E-state index contributed by atoms with van der Waals surface area (Å²) in [5.41, 5.74) is 2.99. The van der Waals surface area contributed by atoms with E-state index in [1.165, 1.54) is 0 Å². The molecule has 0 bridgehead atoms. The Hall–Kier alpha value is -3.66. The quantitative estimate of drug-likeness (QED) is 0.742. The Labute approximate surface area is 151 Å². The number of amides is 2. The van der Waals surface area contributed by atoms with Crippen molar-refractivity contribution in [2.24, 2.45) is 0 Å². The minimum absolute atomic E-state index is 0.294. The maximum Gasteiger partial charge on any atom is 0.315 e. The summed E-state index contributed by atoms with van der Waals surface area (Å²) >= 11 is 0. The number of hydrogen-bond donors (Lipinski definition) is 2. The average Bonchev–Trinajstić information content (AvgIpc) is 3.18. The van der Waals surface area contributed by atoms with Crippen molar-refractivity contribution >= 4 is 6.03 Å². The summed E-state index contributed by atoms with van der Waals surface area (Å²) in [5, 5.41) is 22.7. The van der Waals surface area contributed by atoms with E-state index in [0.29, 0.717) is 17.8 Å². The van der Waals surface area contributed by atoms with E-state index in [4.69, 9.17) is 5.26 Å². The lowest BCUT2D eigenvalue weighted by atomic mass is 10.1. The molecule has 2 aromatic carbocycles. The van der Waals surface area contributed by atoms with Gasteiger partial charge >= 0.3 is 6.03 Å². The van der Waals surface area contributed by atoms with E-state index in [-0.39, 0.29) is 12.1 Å². The van der Waals surface area contributed by atoms with Crippen LogP contribution in [-0.2, 0) is 6.54 Å². The van der Waals surface area contributed by atoms with E-state index < -0.39 is 0 Å². The zero-order valence-corrected chi connectivity index (χ0v) is 14.3. The molecule has 0 radical (unpaired) electrons. The number of para-hydroxylation sites is 1. The first-order valence-corrected chi connectivity index (χ1v) is 8.17. The smallest absolute Gasteiger partial charge is 0.315 e. The van der Waals surface area contributed by atoms with Crippen LogP contribution in [0.4, 0.5) is 4.79 Å². The molecule has 0 aliphatic carbocycles. The third kappa shape index (κ3) is 4.24. The number of hydrogen-bond acceptors (Lipinski definition) is 4. The molecule has 0 spiro atoms. The van der Waals surface area contributed by atoms with E-state index in [0.717, 1.165) is 11.3 Å². The molecule has 7 nitrogen and oxygen atoms in total. The van der Waals surface area contributed by atoms with Crippen LogP contribution in [0.2, 0.25) is 0 Å². The molecule has 1 aromatic heterocycles. The van der Waals surface area contributed by atoms with Crippen molar-refractivity contribution in [3.63, 3.8) is 0 Å². The van der Waals surface area contributed by atoms with Crippen LogP contribution in [0.15, 0.2) is 60.8 Å². The van der Waals surface area contributed by atoms with Gasteiger partial charge in [0.2, 0.25) is 0 Å². The monoisotopic (exact) mass is 346 g/mol. The minimum atomic E-state index is -0.311. The third-order valence-electron chi connectivity index (χ3n) is 3.83. The number of urea groups is 1. The Morgan fingerprint density at radius 1 is 1.23 bits per heavy atom. The molecule has 0 saturated carbocycles. The Bertz CT molecular complexity index is 928. The van der Waals surface area contributed by atoms with Crippen molar-refractivity contribution in [1.82, 2.24) is 25.6 Å². The summed E-state index contributed by atoms with van der Waals surface area (Å²) in [7, 11) is 0.